The molecule has 8 rings (SSSR count). The van der Waals surface area contributed by atoms with Gasteiger partial charge in [-0.05, 0) is 80.0 Å². The molecule has 4 aromatic heterocycles. The van der Waals surface area contributed by atoms with Gasteiger partial charge in [-0.25, -0.2) is 15.0 Å². The molecule has 0 radical (unpaired) electrons. The van der Waals surface area contributed by atoms with E-state index in [9.17, 15) is 4.79 Å². The average Bonchev–Trinajstić information content (AvgIpc) is 3.41. The highest BCUT2D eigenvalue weighted by Gasteiger charge is 2.47. The number of carbonyl (C=O) groups excluding carboxylic acids is 1. The summed E-state index contributed by atoms with van der Waals surface area (Å²) in [5.74, 6) is 2.94. The Morgan fingerprint density at radius 1 is 1.07 bits per heavy atom. The summed E-state index contributed by atoms with van der Waals surface area (Å²) in [6, 6.07) is 14.0. The lowest BCUT2D eigenvalue weighted by molar-refractivity contribution is 0.0700. The van der Waals surface area contributed by atoms with Crippen LogP contribution < -0.4 is 16.2 Å². The van der Waals surface area contributed by atoms with Gasteiger partial charge >= 0.3 is 0 Å². The van der Waals surface area contributed by atoms with Crippen LogP contribution >= 0.6 is 0 Å². The third-order valence-corrected chi connectivity index (χ3v) is 9.51. The maximum Gasteiger partial charge on any atom is 0.254 e. The normalized spacial score (nSPS) is 21.6. The number of aromatic nitrogens is 5. The van der Waals surface area contributed by atoms with Crippen molar-refractivity contribution in [3.8, 4) is 28.5 Å². The highest BCUT2D eigenvalue weighted by atomic mass is 16.5. The van der Waals surface area contributed by atoms with E-state index < -0.39 is 0 Å². The first-order valence-corrected chi connectivity index (χ1v) is 14.7. The predicted molar refractivity (Wildman–Crippen MR) is 162 cm³/mol. The first kappa shape index (κ1) is 25.3. The van der Waals surface area contributed by atoms with Gasteiger partial charge in [0.2, 0.25) is 0 Å². The van der Waals surface area contributed by atoms with Crippen LogP contribution in [-0.2, 0) is 13.6 Å². The number of pyridine rings is 2. The van der Waals surface area contributed by atoms with Gasteiger partial charge in [0.15, 0.2) is 5.82 Å². The Kier molecular flexibility index (Phi) is 5.59. The molecule has 10 nitrogen and oxygen atoms in total. The summed E-state index contributed by atoms with van der Waals surface area (Å²) in [5.41, 5.74) is 18.1. The van der Waals surface area contributed by atoms with Crippen molar-refractivity contribution < 1.29 is 9.53 Å². The molecule has 3 atom stereocenters. The van der Waals surface area contributed by atoms with Crippen LogP contribution in [0.15, 0.2) is 48.7 Å². The number of nitrogens with two attached hydrogens (primary N) is 2. The highest BCUT2D eigenvalue weighted by Crippen LogP contribution is 2.40. The van der Waals surface area contributed by atoms with Gasteiger partial charge in [-0.2, -0.15) is 0 Å². The summed E-state index contributed by atoms with van der Waals surface area (Å²) in [5, 5.41) is 1.05. The molecular formula is C32H34N8O2. The van der Waals surface area contributed by atoms with E-state index in [0.29, 0.717) is 29.0 Å². The van der Waals surface area contributed by atoms with Gasteiger partial charge in [0.1, 0.15) is 22.7 Å². The van der Waals surface area contributed by atoms with Crippen molar-refractivity contribution >= 4 is 33.8 Å². The van der Waals surface area contributed by atoms with Crippen LogP contribution in [0.4, 0.5) is 5.82 Å². The number of hydrogen-bond donors (Lipinski definition) is 2. The molecular weight excluding hydrogens is 528 g/mol. The summed E-state index contributed by atoms with van der Waals surface area (Å²) in [6.45, 7) is 1.60. The molecule has 214 valence electrons. The van der Waals surface area contributed by atoms with Crippen molar-refractivity contribution in [2.24, 2.45) is 24.6 Å². The van der Waals surface area contributed by atoms with E-state index in [1.54, 1.807) is 19.4 Å². The zero-order valence-corrected chi connectivity index (χ0v) is 23.8. The molecule has 5 heterocycles. The number of anilines is 1. The van der Waals surface area contributed by atoms with E-state index in [1.807, 2.05) is 36.2 Å². The minimum absolute atomic E-state index is 0.00166. The van der Waals surface area contributed by atoms with E-state index in [-0.39, 0.29) is 18.0 Å². The first-order valence-electron chi connectivity index (χ1n) is 14.7. The van der Waals surface area contributed by atoms with Crippen molar-refractivity contribution in [3.05, 3.63) is 54.2 Å². The van der Waals surface area contributed by atoms with Crippen LogP contribution in [0.25, 0.3) is 44.8 Å². The van der Waals surface area contributed by atoms with Gasteiger partial charge in [0, 0.05) is 54.9 Å². The summed E-state index contributed by atoms with van der Waals surface area (Å²) in [7, 11) is 3.65. The summed E-state index contributed by atoms with van der Waals surface area (Å²) < 4.78 is 10.2. The number of rotatable bonds is 6. The molecule has 5 aromatic rings. The Morgan fingerprint density at radius 2 is 1.93 bits per heavy atom. The summed E-state index contributed by atoms with van der Waals surface area (Å²) in [6.07, 6.45) is 6.26. The Balaban J connectivity index is 1.24. The van der Waals surface area contributed by atoms with E-state index >= 15 is 0 Å². The number of hydrogen-bond acceptors (Lipinski definition) is 7. The smallest absolute Gasteiger partial charge is 0.254 e. The van der Waals surface area contributed by atoms with Crippen LogP contribution in [0.2, 0.25) is 0 Å². The number of imidazole rings is 1. The molecule has 1 saturated heterocycles. The standard InChI is InChI=1S/C32H34N8O2/c1-38-29-23(11-21(13-26(29)42-2)32(41)40-16-20-6-9-24(40)28(20)34)37-31(38)25-12-18-5-8-22(19-7-10-27(33)35-14-19)36-30(18)39(25)15-17-3-4-17/h5,7-8,10-14,17,20,24,28H,3-4,6,9,15-16,34H2,1-2H3,(H2,33,35). The molecule has 3 unspecified atom stereocenters. The van der Waals surface area contributed by atoms with Gasteiger partial charge in [0.05, 0.1) is 24.0 Å². The molecule has 1 aromatic carbocycles. The van der Waals surface area contributed by atoms with E-state index in [0.717, 1.165) is 70.8 Å². The quantitative estimate of drug-likeness (QED) is 0.317. The van der Waals surface area contributed by atoms with E-state index in [4.69, 9.17) is 26.2 Å². The van der Waals surface area contributed by atoms with Gasteiger partial charge in [-0.15, -0.1) is 0 Å². The highest BCUT2D eigenvalue weighted by molar-refractivity contribution is 6.00. The molecule has 42 heavy (non-hydrogen) atoms. The number of amides is 1. The number of piperidine rings is 1. The number of nitrogen functional groups attached to an aromatic ring is 1. The minimum Gasteiger partial charge on any atom is -0.494 e. The van der Waals surface area contributed by atoms with Crippen LogP contribution in [0.3, 0.4) is 0 Å². The third kappa shape index (κ3) is 3.88. The van der Waals surface area contributed by atoms with Crippen molar-refractivity contribution in [1.82, 2.24) is 29.0 Å². The van der Waals surface area contributed by atoms with E-state index in [2.05, 4.69) is 26.3 Å². The lowest BCUT2D eigenvalue weighted by Crippen LogP contribution is -2.41. The number of benzene rings is 1. The number of nitrogens with zero attached hydrogens (tertiary/aromatic N) is 6. The minimum atomic E-state index is 0.00166. The Morgan fingerprint density at radius 3 is 2.62 bits per heavy atom. The maximum atomic E-state index is 13.7. The summed E-state index contributed by atoms with van der Waals surface area (Å²) >= 11 is 0. The lowest BCUT2D eigenvalue weighted by Gasteiger charge is -2.27. The molecule has 0 spiro atoms. The number of likely N-dealkylation sites (tertiary alicyclic amines) is 1. The van der Waals surface area contributed by atoms with E-state index in [1.165, 1.54) is 12.8 Å². The monoisotopic (exact) mass is 562 g/mol. The lowest BCUT2D eigenvalue weighted by atomic mass is 10.1. The van der Waals surface area contributed by atoms with Crippen LogP contribution in [0, 0.1) is 11.8 Å². The Hall–Kier alpha value is -4.44. The zero-order chi connectivity index (χ0) is 28.7. The van der Waals surface area contributed by atoms with Crippen LogP contribution in [-0.4, -0.2) is 60.6 Å². The molecule has 2 saturated carbocycles. The molecule has 1 amide bonds. The second-order valence-corrected chi connectivity index (χ2v) is 12.1. The fraction of sp³-hybridized carbons (Fsp3) is 0.375. The summed E-state index contributed by atoms with van der Waals surface area (Å²) in [4.78, 5) is 30.1. The second kappa shape index (κ2) is 9.29. The molecule has 3 aliphatic rings. The third-order valence-electron chi connectivity index (χ3n) is 9.51. The topological polar surface area (TPSA) is 130 Å². The predicted octanol–water partition coefficient (Wildman–Crippen LogP) is 4.21. The number of ether oxygens (including phenoxy) is 1. The van der Waals surface area contributed by atoms with Gasteiger partial charge in [0.25, 0.3) is 5.91 Å². The molecule has 1 aliphatic heterocycles. The van der Waals surface area contributed by atoms with Crippen molar-refractivity contribution in [2.45, 2.75) is 44.3 Å². The largest absolute Gasteiger partial charge is 0.494 e. The number of fused-ring (bicyclic) bond motifs is 4. The Labute approximate surface area is 243 Å². The number of carbonyl (C=O) groups is 1. The molecule has 2 bridgehead atoms. The van der Waals surface area contributed by atoms with Gasteiger partial charge < -0.3 is 30.2 Å². The number of aryl methyl sites for hydroxylation is 1. The van der Waals surface area contributed by atoms with Crippen LogP contribution in [0.5, 0.6) is 5.75 Å². The fourth-order valence-corrected chi connectivity index (χ4v) is 7.04. The van der Waals surface area contributed by atoms with Crippen molar-refractivity contribution in [1.29, 1.82) is 0 Å². The molecule has 2 aliphatic carbocycles. The second-order valence-electron chi connectivity index (χ2n) is 12.1. The van der Waals surface area contributed by atoms with Crippen LogP contribution in [0.1, 0.15) is 36.0 Å². The molecule has 10 heteroatoms. The maximum absolute atomic E-state index is 13.7. The van der Waals surface area contributed by atoms with Crippen molar-refractivity contribution in [2.75, 3.05) is 19.4 Å². The number of methoxy groups -OCH3 is 1. The average molecular weight is 563 g/mol. The Bertz CT molecular complexity index is 1870. The fourth-order valence-electron chi connectivity index (χ4n) is 7.04. The van der Waals surface area contributed by atoms with Gasteiger partial charge in [-0.3, -0.25) is 4.79 Å². The first-order chi connectivity index (χ1) is 20.4. The van der Waals surface area contributed by atoms with Gasteiger partial charge in [-0.1, -0.05) is 0 Å². The van der Waals surface area contributed by atoms with Crippen molar-refractivity contribution in [3.63, 3.8) is 0 Å². The zero-order valence-electron chi connectivity index (χ0n) is 23.8. The SMILES string of the molecule is COc1cc(C(=O)N2CC3CCC2C3N)cc2nc(-c3cc4ccc(-c5ccc(N)nc5)nc4n3CC3CC3)n(C)c12. The molecule has 4 N–H and O–H groups in total. The molecule has 3 fully saturated rings.